The predicted molar refractivity (Wildman–Crippen MR) is 84.4 cm³/mol. The SMILES string of the molecule is CC(=O)C1=C(O)CN(c2ccccc2F)C1C1CCCCC1. The lowest BCUT2D eigenvalue weighted by atomic mass is 9.80. The molecule has 3 nitrogen and oxygen atoms in total. The van der Waals surface area contributed by atoms with E-state index in [0.29, 0.717) is 17.2 Å². The van der Waals surface area contributed by atoms with Crippen molar-refractivity contribution in [3.8, 4) is 0 Å². The summed E-state index contributed by atoms with van der Waals surface area (Å²) in [6, 6.07) is 6.40. The number of Topliss-reactive ketones (excluding diaryl/α,β-unsaturated/α-hetero) is 1. The van der Waals surface area contributed by atoms with Crippen LogP contribution in [0.3, 0.4) is 0 Å². The van der Waals surface area contributed by atoms with Gasteiger partial charge >= 0.3 is 0 Å². The zero-order chi connectivity index (χ0) is 15.7. The van der Waals surface area contributed by atoms with Crippen molar-refractivity contribution in [3.63, 3.8) is 0 Å². The molecule has 118 valence electrons. The summed E-state index contributed by atoms with van der Waals surface area (Å²) < 4.78 is 14.2. The van der Waals surface area contributed by atoms with Crippen molar-refractivity contribution in [2.45, 2.75) is 45.1 Å². The van der Waals surface area contributed by atoms with Gasteiger partial charge in [0.1, 0.15) is 11.6 Å². The molecule has 22 heavy (non-hydrogen) atoms. The highest BCUT2D eigenvalue weighted by molar-refractivity contribution is 5.97. The number of benzene rings is 1. The molecule has 0 radical (unpaired) electrons. The van der Waals surface area contributed by atoms with E-state index in [1.54, 1.807) is 18.2 Å². The number of para-hydroxylation sites is 1. The van der Waals surface area contributed by atoms with Gasteiger partial charge in [0.05, 0.1) is 23.8 Å². The second-order valence-electron chi connectivity index (χ2n) is 6.34. The minimum absolute atomic E-state index is 0.103. The molecule has 4 heteroatoms. The molecule has 1 heterocycles. The quantitative estimate of drug-likeness (QED) is 0.917. The summed E-state index contributed by atoms with van der Waals surface area (Å²) in [6.45, 7) is 1.71. The van der Waals surface area contributed by atoms with E-state index in [4.69, 9.17) is 0 Å². The molecule has 1 unspecified atom stereocenters. The number of rotatable bonds is 3. The number of aliphatic hydroxyl groups excluding tert-OH is 1. The third-order valence-corrected chi connectivity index (χ3v) is 4.90. The van der Waals surface area contributed by atoms with E-state index in [9.17, 15) is 14.3 Å². The Labute approximate surface area is 130 Å². The first-order valence-corrected chi connectivity index (χ1v) is 8.03. The maximum absolute atomic E-state index is 14.2. The number of ketones is 1. The van der Waals surface area contributed by atoms with Gasteiger partial charge < -0.3 is 10.0 Å². The molecule has 0 bridgehead atoms. The zero-order valence-corrected chi connectivity index (χ0v) is 12.9. The van der Waals surface area contributed by atoms with Gasteiger partial charge in [-0.15, -0.1) is 0 Å². The largest absolute Gasteiger partial charge is 0.510 e. The fraction of sp³-hybridized carbons (Fsp3) is 0.500. The van der Waals surface area contributed by atoms with E-state index in [1.807, 2.05) is 4.90 Å². The number of hydrogen-bond acceptors (Lipinski definition) is 3. The predicted octanol–water partition coefficient (Wildman–Crippen LogP) is 4.00. The van der Waals surface area contributed by atoms with Crippen LogP contribution < -0.4 is 4.90 Å². The molecular formula is C18H22FNO2. The van der Waals surface area contributed by atoms with Crippen LogP contribution in [0.1, 0.15) is 39.0 Å². The van der Waals surface area contributed by atoms with E-state index < -0.39 is 0 Å². The Morgan fingerprint density at radius 1 is 1.23 bits per heavy atom. The molecule has 0 spiro atoms. The summed E-state index contributed by atoms with van der Waals surface area (Å²) in [5, 5.41) is 10.3. The topological polar surface area (TPSA) is 40.5 Å². The molecular weight excluding hydrogens is 281 g/mol. The first kappa shape index (κ1) is 15.1. The molecule has 3 rings (SSSR count). The van der Waals surface area contributed by atoms with Gasteiger partial charge in [0.25, 0.3) is 0 Å². The summed E-state index contributed by atoms with van der Waals surface area (Å²) in [5.74, 6) is -0.00365. The third-order valence-electron chi connectivity index (χ3n) is 4.90. The normalized spacial score (nSPS) is 23.2. The number of nitrogens with zero attached hydrogens (tertiary/aromatic N) is 1. The van der Waals surface area contributed by atoms with Gasteiger partial charge in [0.2, 0.25) is 0 Å². The molecule has 2 aliphatic rings. The van der Waals surface area contributed by atoms with Gasteiger partial charge in [-0.05, 0) is 37.8 Å². The molecule has 1 aromatic rings. The second kappa shape index (κ2) is 6.11. The van der Waals surface area contributed by atoms with Crippen molar-refractivity contribution >= 4 is 11.5 Å². The van der Waals surface area contributed by atoms with Crippen LogP contribution >= 0.6 is 0 Å². The molecule has 1 N–H and O–H groups in total. The number of carbonyl (C=O) groups excluding carboxylic acids is 1. The van der Waals surface area contributed by atoms with Crippen LogP contribution in [0.4, 0.5) is 10.1 Å². The average molecular weight is 303 g/mol. The standard InChI is InChI=1S/C18H22FNO2/c1-12(21)17-16(22)11-20(15-10-6-5-9-14(15)19)18(17)13-7-3-2-4-8-13/h5-6,9-10,13,18,22H,2-4,7-8,11H2,1H3. The summed E-state index contributed by atoms with van der Waals surface area (Å²) in [6.07, 6.45) is 5.55. The van der Waals surface area contributed by atoms with Crippen LogP contribution in [0.5, 0.6) is 0 Å². The molecule has 1 aliphatic heterocycles. The summed E-state index contributed by atoms with van der Waals surface area (Å²) in [7, 11) is 0. The highest BCUT2D eigenvalue weighted by atomic mass is 19.1. The van der Waals surface area contributed by atoms with Crippen LogP contribution in [0, 0.1) is 11.7 Å². The summed E-state index contributed by atoms with van der Waals surface area (Å²) in [5.41, 5.74) is 0.955. The van der Waals surface area contributed by atoms with E-state index in [1.165, 1.54) is 19.4 Å². The van der Waals surface area contributed by atoms with Gasteiger partial charge in [-0.2, -0.15) is 0 Å². The van der Waals surface area contributed by atoms with E-state index in [-0.39, 0.29) is 29.9 Å². The molecule has 1 atom stereocenters. The van der Waals surface area contributed by atoms with Crippen LogP contribution in [-0.4, -0.2) is 23.5 Å². The van der Waals surface area contributed by atoms with Crippen molar-refractivity contribution in [1.82, 2.24) is 0 Å². The Bertz CT molecular complexity index is 605. The molecule has 1 aliphatic carbocycles. The van der Waals surface area contributed by atoms with Gasteiger partial charge in [0, 0.05) is 0 Å². The molecule has 0 aromatic heterocycles. The lowest BCUT2D eigenvalue weighted by Gasteiger charge is -2.36. The van der Waals surface area contributed by atoms with Crippen molar-refractivity contribution in [2.24, 2.45) is 5.92 Å². The smallest absolute Gasteiger partial charge is 0.161 e. The number of halogens is 1. The van der Waals surface area contributed by atoms with Crippen molar-refractivity contribution in [2.75, 3.05) is 11.4 Å². The van der Waals surface area contributed by atoms with Crippen molar-refractivity contribution in [3.05, 3.63) is 41.4 Å². The summed E-state index contributed by atoms with van der Waals surface area (Å²) in [4.78, 5) is 13.9. The minimum Gasteiger partial charge on any atom is -0.510 e. The first-order chi connectivity index (χ1) is 10.6. The molecule has 1 aromatic carbocycles. The lowest BCUT2D eigenvalue weighted by Crippen LogP contribution is -2.40. The van der Waals surface area contributed by atoms with Gasteiger partial charge in [-0.1, -0.05) is 31.4 Å². The van der Waals surface area contributed by atoms with Crippen LogP contribution in [-0.2, 0) is 4.79 Å². The monoisotopic (exact) mass is 303 g/mol. The minimum atomic E-state index is -0.305. The zero-order valence-electron chi connectivity index (χ0n) is 12.9. The maximum atomic E-state index is 14.2. The molecule has 0 amide bonds. The number of anilines is 1. The Balaban J connectivity index is 1.99. The lowest BCUT2D eigenvalue weighted by molar-refractivity contribution is -0.114. The third kappa shape index (κ3) is 2.62. The van der Waals surface area contributed by atoms with Crippen LogP contribution in [0.15, 0.2) is 35.6 Å². The number of hydrogen-bond donors (Lipinski definition) is 1. The van der Waals surface area contributed by atoms with Gasteiger partial charge in [0.15, 0.2) is 5.78 Å². The fourth-order valence-electron chi connectivity index (χ4n) is 3.94. The first-order valence-electron chi connectivity index (χ1n) is 8.03. The van der Waals surface area contributed by atoms with Crippen molar-refractivity contribution < 1.29 is 14.3 Å². The van der Waals surface area contributed by atoms with Gasteiger partial charge in [-0.3, -0.25) is 4.79 Å². The highest BCUT2D eigenvalue weighted by Gasteiger charge is 2.41. The van der Waals surface area contributed by atoms with E-state index in [2.05, 4.69) is 0 Å². The van der Waals surface area contributed by atoms with Crippen LogP contribution in [0.25, 0.3) is 0 Å². The Morgan fingerprint density at radius 3 is 2.55 bits per heavy atom. The Morgan fingerprint density at radius 2 is 1.91 bits per heavy atom. The highest BCUT2D eigenvalue weighted by Crippen LogP contribution is 2.40. The van der Waals surface area contributed by atoms with E-state index in [0.717, 1.165) is 25.7 Å². The molecule has 1 saturated carbocycles. The Kier molecular flexibility index (Phi) is 4.19. The average Bonchev–Trinajstić information content (AvgIpc) is 2.86. The number of aliphatic hydroxyl groups is 1. The fourth-order valence-corrected chi connectivity index (χ4v) is 3.94. The van der Waals surface area contributed by atoms with Gasteiger partial charge in [-0.25, -0.2) is 4.39 Å². The van der Waals surface area contributed by atoms with E-state index >= 15 is 0 Å². The number of carbonyl (C=O) groups is 1. The maximum Gasteiger partial charge on any atom is 0.161 e. The molecule has 0 saturated heterocycles. The second-order valence-corrected chi connectivity index (χ2v) is 6.34. The van der Waals surface area contributed by atoms with Crippen molar-refractivity contribution in [1.29, 1.82) is 0 Å². The summed E-state index contributed by atoms with van der Waals surface area (Å²) >= 11 is 0. The van der Waals surface area contributed by atoms with Crippen LogP contribution in [0.2, 0.25) is 0 Å². The Hall–Kier alpha value is -1.84. The molecule has 1 fully saturated rings.